The number of amidine groups is 1. The van der Waals surface area contributed by atoms with E-state index in [-0.39, 0.29) is 16.9 Å². The Kier molecular flexibility index (Phi) is 7.48. The molecule has 0 fully saturated rings. The van der Waals surface area contributed by atoms with Gasteiger partial charge >= 0.3 is 0 Å². The summed E-state index contributed by atoms with van der Waals surface area (Å²) >= 11 is 0. The fourth-order valence-corrected chi connectivity index (χ4v) is 1.43. The van der Waals surface area contributed by atoms with Crippen LogP contribution in [0.2, 0.25) is 0 Å². The lowest BCUT2D eigenvalue weighted by Gasteiger charge is -2.23. The van der Waals surface area contributed by atoms with Crippen LogP contribution in [0.15, 0.2) is 0 Å². The predicted molar refractivity (Wildman–Crippen MR) is 76.1 cm³/mol. The van der Waals surface area contributed by atoms with E-state index < -0.39 is 0 Å². The van der Waals surface area contributed by atoms with E-state index in [1.807, 2.05) is 13.8 Å². The van der Waals surface area contributed by atoms with Crippen molar-refractivity contribution in [3.05, 3.63) is 0 Å². The number of hydrogen-bond acceptors (Lipinski definition) is 3. The molecule has 0 aliphatic heterocycles. The van der Waals surface area contributed by atoms with Gasteiger partial charge in [-0.1, -0.05) is 20.3 Å². The minimum Gasteiger partial charge on any atom is -0.387 e. The van der Waals surface area contributed by atoms with Crippen molar-refractivity contribution in [3.8, 4) is 0 Å². The Hall–Kier alpha value is -0.610. The first-order valence-corrected chi connectivity index (χ1v) is 6.69. The average Bonchev–Trinajstić information content (AvgIpc) is 2.27. The van der Waals surface area contributed by atoms with E-state index >= 15 is 0 Å². The summed E-state index contributed by atoms with van der Waals surface area (Å²) in [6, 6.07) is 0. The molecule has 0 aromatic carbocycles. The van der Waals surface area contributed by atoms with Gasteiger partial charge in [0.15, 0.2) is 0 Å². The first-order valence-electron chi connectivity index (χ1n) is 6.69. The lowest BCUT2D eigenvalue weighted by molar-refractivity contribution is -0.0102. The van der Waals surface area contributed by atoms with E-state index in [0.29, 0.717) is 0 Å². The van der Waals surface area contributed by atoms with Crippen LogP contribution in [0.25, 0.3) is 0 Å². The van der Waals surface area contributed by atoms with Crippen molar-refractivity contribution in [2.75, 3.05) is 20.3 Å². The molecule has 0 aliphatic rings. The average molecular weight is 258 g/mol. The van der Waals surface area contributed by atoms with Crippen LogP contribution >= 0.6 is 0 Å². The van der Waals surface area contributed by atoms with Crippen molar-refractivity contribution in [2.45, 2.75) is 59.0 Å². The number of unbranched alkanes of at least 4 members (excludes halogenated alkanes) is 1. The van der Waals surface area contributed by atoms with Crippen LogP contribution in [0.3, 0.4) is 0 Å². The van der Waals surface area contributed by atoms with Crippen molar-refractivity contribution in [3.63, 3.8) is 0 Å². The molecule has 0 aromatic heterocycles. The molecule has 0 bridgehead atoms. The van der Waals surface area contributed by atoms with Crippen molar-refractivity contribution in [1.29, 1.82) is 5.41 Å². The zero-order chi connectivity index (χ0) is 14.2. The number of ether oxygens (including phenoxy) is 2. The first kappa shape index (κ1) is 17.4. The fraction of sp³-hybridized carbons (Fsp3) is 0.929. The maximum absolute atomic E-state index is 7.47. The molecule has 0 heterocycles. The van der Waals surface area contributed by atoms with Gasteiger partial charge in [-0.2, -0.15) is 0 Å². The summed E-state index contributed by atoms with van der Waals surface area (Å²) in [5.74, 6) is 0.269. The lowest BCUT2D eigenvalue weighted by atomic mass is 9.86. The van der Waals surface area contributed by atoms with Gasteiger partial charge in [-0.05, 0) is 33.1 Å². The molecule has 0 aliphatic carbocycles. The quantitative estimate of drug-likeness (QED) is 0.359. The fourth-order valence-electron chi connectivity index (χ4n) is 1.43. The van der Waals surface area contributed by atoms with Gasteiger partial charge in [-0.15, -0.1) is 0 Å². The van der Waals surface area contributed by atoms with Gasteiger partial charge in [0.1, 0.15) is 0 Å². The molecule has 4 nitrogen and oxygen atoms in total. The van der Waals surface area contributed by atoms with Gasteiger partial charge in [0.05, 0.1) is 11.4 Å². The molecular weight excluding hydrogens is 228 g/mol. The number of nitrogens with one attached hydrogen (secondary N) is 1. The largest absolute Gasteiger partial charge is 0.387 e. The van der Waals surface area contributed by atoms with Gasteiger partial charge in [0.25, 0.3) is 0 Å². The Bertz CT molecular complexity index is 250. The first-order chi connectivity index (χ1) is 8.21. The van der Waals surface area contributed by atoms with E-state index in [1.54, 1.807) is 7.11 Å². The highest BCUT2D eigenvalue weighted by Gasteiger charge is 2.20. The van der Waals surface area contributed by atoms with E-state index in [4.69, 9.17) is 20.6 Å². The highest BCUT2D eigenvalue weighted by molar-refractivity contribution is 5.82. The van der Waals surface area contributed by atoms with Crippen molar-refractivity contribution < 1.29 is 9.47 Å². The van der Waals surface area contributed by atoms with Gasteiger partial charge in [-0.3, -0.25) is 5.41 Å². The zero-order valence-electron chi connectivity index (χ0n) is 12.6. The Morgan fingerprint density at radius 3 is 2.17 bits per heavy atom. The molecule has 0 atom stereocenters. The highest BCUT2D eigenvalue weighted by Crippen LogP contribution is 2.22. The van der Waals surface area contributed by atoms with Crippen molar-refractivity contribution >= 4 is 5.84 Å². The molecule has 0 aromatic rings. The van der Waals surface area contributed by atoms with E-state index in [0.717, 1.165) is 38.9 Å². The SMILES string of the molecule is COC(C)(C)CCOCCCCC(C)(C)C(=N)N. The number of hydrogen-bond donors (Lipinski definition) is 2. The number of methoxy groups -OCH3 is 1. The van der Waals surface area contributed by atoms with Crippen LogP contribution in [-0.2, 0) is 9.47 Å². The third-order valence-corrected chi connectivity index (χ3v) is 3.47. The van der Waals surface area contributed by atoms with Gasteiger partial charge < -0.3 is 15.2 Å². The van der Waals surface area contributed by atoms with E-state index in [9.17, 15) is 0 Å². The second kappa shape index (κ2) is 7.74. The Labute approximate surface area is 112 Å². The number of rotatable bonds is 10. The molecule has 0 saturated heterocycles. The van der Waals surface area contributed by atoms with Gasteiger partial charge in [0, 0.05) is 25.7 Å². The summed E-state index contributed by atoms with van der Waals surface area (Å²) in [6.45, 7) is 9.65. The van der Waals surface area contributed by atoms with Crippen LogP contribution in [0.4, 0.5) is 0 Å². The van der Waals surface area contributed by atoms with Crippen LogP contribution in [0, 0.1) is 10.8 Å². The molecule has 3 N–H and O–H groups in total. The van der Waals surface area contributed by atoms with E-state index in [1.165, 1.54) is 0 Å². The summed E-state index contributed by atoms with van der Waals surface area (Å²) in [5.41, 5.74) is 5.25. The predicted octanol–water partition coefficient (Wildman–Crippen LogP) is 2.95. The zero-order valence-corrected chi connectivity index (χ0v) is 12.6. The third-order valence-electron chi connectivity index (χ3n) is 3.47. The summed E-state index contributed by atoms with van der Waals surface area (Å²) in [5, 5.41) is 7.47. The number of nitrogens with two attached hydrogens (primary N) is 1. The summed E-state index contributed by atoms with van der Waals surface area (Å²) < 4.78 is 10.9. The minimum absolute atomic E-state index is 0.101. The monoisotopic (exact) mass is 258 g/mol. The molecule has 0 radical (unpaired) electrons. The molecule has 0 saturated carbocycles. The molecule has 4 heteroatoms. The topological polar surface area (TPSA) is 68.3 Å². The van der Waals surface area contributed by atoms with Crippen molar-refractivity contribution in [2.24, 2.45) is 11.1 Å². The molecule has 0 unspecified atom stereocenters. The Morgan fingerprint density at radius 2 is 1.67 bits per heavy atom. The molecular formula is C14H30N2O2. The smallest absolute Gasteiger partial charge is 0.0963 e. The molecule has 0 spiro atoms. The van der Waals surface area contributed by atoms with Crippen molar-refractivity contribution in [1.82, 2.24) is 0 Å². The normalized spacial score (nSPS) is 12.7. The van der Waals surface area contributed by atoms with Crippen LogP contribution in [0.5, 0.6) is 0 Å². The summed E-state index contributed by atoms with van der Waals surface area (Å²) in [4.78, 5) is 0. The van der Waals surface area contributed by atoms with E-state index in [2.05, 4.69) is 13.8 Å². The lowest BCUT2D eigenvalue weighted by Crippen LogP contribution is -2.30. The maximum atomic E-state index is 7.47. The van der Waals surface area contributed by atoms with Crippen LogP contribution in [0.1, 0.15) is 53.4 Å². The Morgan fingerprint density at radius 1 is 1.06 bits per heavy atom. The third kappa shape index (κ3) is 7.67. The Balaban J connectivity index is 3.51. The molecule has 0 amide bonds. The highest BCUT2D eigenvalue weighted by atomic mass is 16.5. The summed E-state index contributed by atoms with van der Waals surface area (Å²) in [7, 11) is 1.73. The van der Waals surface area contributed by atoms with Crippen LogP contribution in [-0.4, -0.2) is 31.8 Å². The van der Waals surface area contributed by atoms with Gasteiger partial charge in [0.2, 0.25) is 0 Å². The standard InChI is InChI=1S/C14H30N2O2/c1-13(2,12(15)16)8-6-7-10-18-11-9-14(3,4)17-5/h6-11H2,1-5H3,(H3,15,16). The molecule has 108 valence electrons. The second-order valence-corrected chi connectivity index (χ2v) is 6.08. The molecule has 0 rings (SSSR count). The van der Waals surface area contributed by atoms with Crippen LogP contribution < -0.4 is 5.73 Å². The summed E-state index contributed by atoms with van der Waals surface area (Å²) in [6.07, 6.45) is 3.90. The minimum atomic E-state index is -0.182. The maximum Gasteiger partial charge on any atom is 0.0963 e. The second-order valence-electron chi connectivity index (χ2n) is 6.08. The molecule has 18 heavy (non-hydrogen) atoms. The van der Waals surface area contributed by atoms with Gasteiger partial charge in [-0.25, -0.2) is 0 Å².